The normalized spacial score (nSPS) is 12.6. The van der Waals surface area contributed by atoms with Crippen molar-refractivity contribution in [2.75, 3.05) is 26.2 Å². The minimum absolute atomic E-state index is 0.725. The molecule has 33 heavy (non-hydrogen) atoms. The van der Waals surface area contributed by atoms with Crippen molar-refractivity contribution >= 4 is 0 Å². The van der Waals surface area contributed by atoms with Crippen molar-refractivity contribution in [1.29, 1.82) is 0 Å². The quantitative estimate of drug-likeness (QED) is 0.113. The van der Waals surface area contributed by atoms with Gasteiger partial charge in [0.25, 0.3) is 0 Å². The first-order chi connectivity index (χ1) is 16.3. The maximum atomic E-state index is 5.89. The highest BCUT2D eigenvalue weighted by atomic mass is 15.1. The van der Waals surface area contributed by atoms with Crippen LogP contribution in [0.5, 0.6) is 0 Å². The Labute approximate surface area is 210 Å². The Bertz CT molecular complexity index is 347. The monoisotopic (exact) mass is 468 g/mol. The lowest BCUT2D eigenvalue weighted by atomic mass is 9.99. The summed E-state index contributed by atoms with van der Waals surface area (Å²) in [5, 5.41) is 0. The van der Waals surface area contributed by atoms with Crippen LogP contribution in [0.3, 0.4) is 0 Å². The molecule has 0 saturated carbocycles. The average Bonchev–Trinajstić information content (AvgIpc) is 2.83. The van der Waals surface area contributed by atoms with Gasteiger partial charge in [0, 0.05) is 6.04 Å². The predicted octanol–water partition coefficient (Wildman–Crippen LogP) is 8.59. The lowest BCUT2D eigenvalue weighted by Gasteiger charge is -2.32. The van der Waals surface area contributed by atoms with Gasteiger partial charge < -0.3 is 16.4 Å². The van der Waals surface area contributed by atoms with Crippen LogP contribution in [0.2, 0.25) is 0 Å². The number of nitrogens with zero attached hydrogens (tertiary/aromatic N) is 1. The summed E-state index contributed by atoms with van der Waals surface area (Å²) in [6.07, 6.45) is 31.9. The third-order valence-corrected chi connectivity index (χ3v) is 7.35. The molecule has 0 aromatic carbocycles. The molecule has 0 saturated heterocycles. The fraction of sp³-hybridized carbons (Fsp3) is 1.00. The molecule has 0 spiro atoms. The van der Waals surface area contributed by atoms with Crippen molar-refractivity contribution in [2.24, 2.45) is 11.5 Å². The van der Waals surface area contributed by atoms with E-state index < -0.39 is 0 Å². The summed E-state index contributed by atoms with van der Waals surface area (Å²) in [4.78, 5) is 2.79. The van der Waals surface area contributed by atoms with E-state index in [4.69, 9.17) is 11.5 Å². The second-order valence-corrected chi connectivity index (χ2v) is 10.6. The molecule has 200 valence electrons. The van der Waals surface area contributed by atoms with Crippen LogP contribution in [0.1, 0.15) is 162 Å². The van der Waals surface area contributed by atoms with Crippen LogP contribution in [0.25, 0.3) is 0 Å². The predicted molar refractivity (Wildman–Crippen MR) is 151 cm³/mol. The van der Waals surface area contributed by atoms with Gasteiger partial charge >= 0.3 is 0 Å². The van der Waals surface area contributed by atoms with Crippen LogP contribution in [-0.2, 0) is 0 Å². The van der Waals surface area contributed by atoms with Crippen molar-refractivity contribution < 1.29 is 0 Å². The van der Waals surface area contributed by atoms with E-state index in [1.54, 1.807) is 0 Å². The largest absolute Gasteiger partial charge is 0.330 e. The van der Waals surface area contributed by atoms with Crippen LogP contribution in [0.4, 0.5) is 0 Å². The highest BCUT2D eigenvalue weighted by Gasteiger charge is 2.17. The molecule has 0 heterocycles. The average molecular weight is 468 g/mol. The molecule has 1 unspecified atom stereocenters. The van der Waals surface area contributed by atoms with Gasteiger partial charge in [-0.05, 0) is 58.3 Å². The minimum Gasteiger partial charge on any atom is -0.330 e. The highest BCUT2D eigenvalue weighted by Crippen LogP contribution is 2.19. The Hall–Kier alpha value is -0.120. The van der Waals surface area contributed by atoms with Crippen LogP contribution in [0.15, 0.2) is 0 Å². The van der Waals surface area contributed by atoms with Gasteiger partial charge in [-0.15, -0.1) is 0 Å². The van der Waals surface area contributed by atoms with Crippen molar-refractivity contribution in [2.45, 2.75) is 168 Å². The zero-order valence-electron chi connectivity index (χ0n) is 23.3. The maximum Gasteiger partial charge on any atom is 0.00957 e. The minimum atomic E-state index is 0.725. The summed E-state index contributed by atoms with van der Waals surface area (Å²) < 4.78 is 0. The summed E-state index contributed by atoms with van der Waals surface area (Å²) in [5.74, 6) is 0. The van der Waals surface area contributed by atoms with Crippen molar-refractivity contribution in [1.82, 2.24) is 4.90 Å². The second-order valence-electron chi connectivity index (χ2n) is 10.6. The summed E-state index contributed by atoms with van der Waals surface area (Å²) in [7, 11) is 0. The molecule has 0 amide bonds. The molecule has 0 radical (unpaired) electrons. The number of hydrogen-bond acceptors (Lipinski definition) is 3. The smallest absolute Gasteiger partial charge is 0.00957 e. The third-order valence-electron chi connectivity index (χ3n) is 7.35. The van der Waals surface area contributed by atoms with Crippen LogP contribution in [-0.4, -0.2) is 37.1 Å². The molecule has 0 aliphatic rings. The molecule has 0 aliphatic carbocycles. The standard InChI is InChI=1S/C30H65N3/c1-3-5-7-9-11-13-15-17-19-21-28-33(29-23-27-32)30(25-22-26-31)24-20-18-16-14-12-10-8-6-4-2/h30H,3-29,31-32H2,1-2H3. The zero-order chi connectivity index (χ0) is 24.2. The van der Waals surface area contributed by atoms with E-state index in [1.807, 2.05) is 0 Å². The molecule has 3 nitrogen and oxygen atoms in total. The second kappa shape index (κ2) is 28.1. The molecule has 3 heteroatoms. The summed E-state index contributed by atoms with van der Waals surface area (Å²) >= 11 is 0. The molecular formula is C30H65N3. The highest BCUT2D eigenvalue weighted by molar-refractivity contribution is 4.73. The van der Waals surface area contributed by atoms with Gasteiger partial charge in [0.1, 0.15) is 0 Å². The molecule has 0 fully saturated rings. The van der Waals surface area contributed by atoms with Crippen LogP contribution in [0, 0.1) is 0 Å². The van der Waals surface area contributed by atoms with Gasteiger partial charge in [-0.1, -0.05) is 129 Å². The van der Waals surface area contributed by atoms with Crippen molar-refractivity contribution in [3.8, 4) is 0 Å². The van der Waals surface area contributed by atoms with Gasteiger partial charge in [-0.25, -0.2) is 0 Å². The Kier molecular flexibility index (Phi) is 28.0. The zero-order valence-corrected chi connectivity index (χ0v) is 23.3. The van der Waals surface area contributed by atoms with E-state index in [-0.39, 0.29) is 0 Å². The molecule has 1 atom stereocenters. The van der Waals surface area contributed by atoms with Gasteiger partial charge in [-0.3, -0.25) is 0 Å². The van der Waals surface area contributed by atoms with Gasteiger partial charge in [0.15, 0.2) is 0 Å². The topological polar surface area (TPSA) is 55.3 Å². The molecule has 0 aromatic rings. The summed E-state index contributed by atoms with van der Waals surface area (Å²) in [5.41, 5.74) is 11.8. The van der Waals surface area contributed by atoms with E-state index in [0.717, 1.165) is 25.6 Å². The fourth-order valence-electron chi connectivity index (χ4n) is 5.13. The summed E-state index contributed by atoms with van der Waals surface area (Å²) in [6.45, 7) is 8.69. The van der Waals surface area contributed by atoms with Gasteiger partial charge in [0.05, 0.1) is 0 Å². The van der Waals surface area contributed by atoms with E-state index in [0.29, 0.717) is 0 Å². The fourth-order valence-corrected chi connectivity index (χ4v) is 5.13. The lowest BCUT2D eigenvalue weighted by Crippen LogP contribution is -2.38. The first-order valence-corrected chi connectivity index (χ1v) is 15.4. The van der Waals surface area contributed by atoms with E-state index >= 15 is 0 Å². The lowest BCUT2D eigenvalue weighted by molar-refractivity contribution is 0.167. The SMILES string of the molecule is CCCCCCCCCCCCN(CCCN)C(CCCN)CCCCCCCCCCC. The van der Waals surface area contributed by atoms with Crippen molar-refractivity contribution in [3.63, 3.8) is 0 Å². The van der Waals surface area contributed by atoms with E-state index in [1.165, 1.54) is 154 Å². The number of rotatable bonds is 28. The summed E-state index contributed by atoms with van der Waals surface area (Å²) in [6, 6.07) is 0.725. The first-order valence-electron chi connectivity index (χ1n) is 15.4. The van der Waals surface area contributed by atoms with E-state index in [9.17, 15) is 0 Å². The number of unbranched alkanes of at least 4 members (excludes halogenated alkanes) is 17. The van der Waals surface area contributed by atoms with Crippen LogP contribution >= 0.6 is 0 Å². The Balaban J connectivity index is 4.12. The number of hydrogen-bond donors (Lipinski definition) is 2. The Morgan fingerprint density at radius 1 is 0.424 bits per heavy atom. The molecule has 4 N–H and O–H groups in total. The first kappa shape index (κ1) is 32.9. The van der Waals surface area contributed by atoms with E-state index in [2.05, 4.69) is 18.7 Å². The van der Waals surface area contributed by atoms with Gasteiger partial charge in [-0.2, -0.15) is 0 Å². The molecule has 0 rings (SSSR count). The Morgan fingerprint density at radius 3 is 1.24 bits per heavy atom. The number of nitrogens with two attached hydrogens (primary N) is 2. The molecule has 0 aromatic heterocycles. The molecule has 0 bridgehead atoms. The Morgan fingerprint density at radius 2 is 0.788 bits per heavy atom. The van der Waals surface area contributed by atoms with Gasteiger partial charge in [0.2, 0.25) is 0 Å². The maximum absolute atomic E-state index is 5.89. The third kappa shape index (κ3) is 23.4. The van der Waals surface area contributed by atoms with Crippen LogP contribution < -0.4 is 11.5 Å². The molecule has 0 aliphatic heterocycles. The molecular weight excluding hydrogens is 402 g/mol. The van der Waals surface area contributed by atoms with Crippen molar-refractivity contribution in [3.05, 3.63) is 0 Å².